The summed E-state index contributed by atoms with van der Waals surface area (Å²) in [5.41, 5.74) is 0.414. The molecule has 2 rings (SSSR count). The van der Waals surface area contributed by atoms with Crippen molar-refractivity contribution in [3.8, 4) is 0 Å². The first-order valence-corrected chi connectivity index (χ1v) is 7.21. The van der Waals surface area contributed by atoms with E-state index in [0.29, 0.717) is 11.8 Å². The predicted molar refractivity (Wildman–Crippen MR) is 64.6 cm³/mol. The van der Waals surface area contributed by atoms with Gasteiger partial charge in [0.05, 0.1) is 6.54 Å². The van der Waals surface area contributed by atoms with Crippen molar-refractivity contribution in [1.82, 2.24) is 5.32 Å². The molecule has 4 nitrogen and oxygen atoms in total. The summed E-state index contributed by atoms with van der Waals surface area (Å²) in [6.07, 6.45) is -4.39. The van der Waals surface area contributed by atoms with Crippen molar-refractivity contribution in [3.63, 3.8) is 0 Å². The highest BCUT2D eigenvalue weighted by Gasteiger charge is 2.64. The highest BCUT2D eigenvalue weighted by atomic mass is 32.2. The van der Waals surface area contributed by atoms with Crippen molar-refractivity contribution in [2.75, 3.05) is 12.8 Å². The van der Waals surface area contributed by atoms with Gasteiger partial charge >= 0.3 is 6.18 Å². The summed E-state index contributed by atoms with van der Waals surface area (Å²) in [6.45, 7) is -0.875. The molecule has 1 aliphatic rings. The Morgan fingerprint density at radius 1 is 1.26 bits per heavy atom. The SMILES string of the molecule is CS(=O)(=O)C1(C(F)(F)F)CN=C(c2ccccc2)N1. The van der Waals surface area contributed by atoms with Gasteiger partial charge in [-0.25, -0.2) is 8.42 Å². The molecule has 1 atom stereocenters. The second-order valence-electron chi connectivity index (χ2n) is 4.25. The van der Waals surface area contributed by atoms with E-state index in [9.17, 15) is 21.6 Å². The van der Waals surface area contributed by atoms with Gasteiger partial charge in [0.1, 0.15) is 5.84 Å². The number of rotatable bonds is 2. The van der Waals surface area contributed by atoms with Crippen molar-refractivity contribution in [2.24, 2.45) is 4.99 Å². The third-order valence-corrected chi connectivity index (χ3v) is 4.65. The summed E-state index contributed by atoms with van der Waals surface area (Å²) in [5.74, 6) is -0.0663. The first-order chi connectivity index (χ1) is 8.67. The molecule has 0 bridgehead atoms. The molecule has 0 aromatic heterocycles. The number of alkyl halides is 3. The van der Waals surface area contributed by atoms with Crippen LogP contribution >= 0.6 is 0 Å². The van der Waals surface area contributed by atoms with Crippen molar-refractivity contribution in [2.45, 2.75) is 11.0 Å². The second kappa shape index (κ2) is 4.22. The highest BCUT2D eigenvalue weighted by molar-refractivity contribution is 7.92. The van der Waals surface area contributed by atoms with Crippen LogP contribution in [-0.4, -0.2) is 38.1 Å². The topological polar surface area (TPSA) is 58.5 Å². The summed E-state index contributed by atoms with van der Waals surface area (Å²) >= 11 is 0. The van der Waals surface area contributed by atoms with E-state index in [1.807, 2.05) is 5.32 Å². The van der Waals surface area contributed by atoms with E-state index in [2.05, 4.69) is 4.99 Å². The molecule has 1 unspecified atom stereocenters. The zero-order chi connectivity index (χ0) is 14.3. The quantitative estimate of drug-likeness (QED) is 0.895. The number of benzene rings is 1. The van der Waals surface area contributed by atoms with E-state index in [-0.39, 0.29) is 5.84 Å². The van der Waals surface area contributed by atoms with E-state index in [1.165, 1.54) is 0 Å². The van der Waals surface area contributed by atoms with Gasteiger partial charge in [-0.1, -0.05) is 30.3 Å². The fraction of sp³-hybridized carbons (Fsp3) is 0.364. The highest BCUT2D eigenvalue weighted by Crippen LogP contribution is 2.37. The van der Waals surface area contributed by atoms with Crippen LogP contribution in [-0.2, 0) is 9.84 Å². The number of sulfone groups is 1. The van der Waals surface area contributed by atoms with Crippen LogP contribution in [0.4, 0.5) is 13.2 Å². The van der Waals surface area contributed by atoms with E-state index >= 15 is 0 Å². The number of hydrogen-bond donors (Lipinski definition) is 1. The lowest BCUT2D eigenvalue weighted by atomic mass is 10.2. The molecule has 8 heteroatoms. The Hall–Kier alpha value is -1.57. The Balaban J connectivity index is 2.41. The number of halogens is 3. The lowest BCUT2D eigenvalue weighted by molar-refractivity contribution is -0.160. The van der Waals surface area contributed by atoms with Crippen LogP contribution in [0.1, 0.15) is 5.56 Å². The number of amidine groups is 1. The largest absolute Gasteiger partial charge is 0.427 e. The molecule has 1 aromatic carbocycles. The molecule has 1 aliphatic heterocycles. The third-order valence-electron chi connectivity index (χ3n) is 2.92. The third kappa shape index (κ3) is 2.20. The van der Waals surface area contributed by atoms with Gasteiger partial charge in [-0.05, 0) is 0 Å². The number of nitrogens with one attached hydrogen (secondary N) is 1. The fourth-order valence-electron chi connectivity index (χ4n) is 1.80. The van der Waals surface area contributed by atoms with Crippen LogP contribution in [0.3, 0.4) is 0 Å². The number of aliphatic imine (C=N–C) groups is 1. The molecule has 104 valence electrons. The molecule has 0 fully saturated rings. The Bertz CT molecular complexity index is 611. The summed E-state index contributed by atoms with van der Waals surface area (Å²) in [6, 6.07) is 8.08. The second-order valence-corrected chi connectivity index (χ2v) is 6.49. The van der Waals surface area contributed by atoms with E-state index in [1.54, 1.807) is 30.3 Å². The molecule has 19 heavy (non-hydrogen) atoms. The average Bonchev–Trinajstić information content (AvgIpc) is 2.75. The Morgan fingerprint density at radius 3 is 2.26 bits per heavy atom. The van der Waals surface area contributed by atoms with Gasteiger partial charge in [-0.15, -0.1) is 0 Å². The molecule has 0 spiro atoms. The summed E-state index contributed by atoms with van der Waals surface area (Å²) < 4.78 is 62.3. The molecule has 0 saturated carbocycles. The van der Waals surface area contributed by atoms with Gasteiger partial charge in [0, 0.05) is 11.8 Å². The van der Waals surface area contributed by atoms with Gasteiger partial charge in [-0.3, -0.25) is 4.99 Å². The van der Waals surface area contributed by atoms with Crippen LogP contribution in [0.25, 0.3) is 0 Å². The monoisotopic (exact) mass is 292 g/mol. The number of hydrogen-bond acceptors (Lipinski definition) is 4. The molecular formula is C11H11F3N2O2S. The van der Waals surface area contributed by atoms with E-state index in [0.717, 1.165) is 0 Å². The van der Waals surface area contributed by atoms with Crippen LogP contribution < -0.4 is 5.32 Å². The normalized spacial score (nSPS) is 23.9. The Morgan fingerprint density at radius 2 is 1.84 bits per heavy atom. The maximum absolute atomic E-state index is 13.1. The van der Waals surface area contributed by atoms with Gasteiger partial charge < -0.3 is 5.32 Å². The maximum atomic E-state index is 13.1. The predicted octanol–water partition coefficient (Wildman–Crippen LogP) is 1.34. The average molecular weight is 292 g/mol. The molecule has 1 heterocycles. The first kappa shape index (κ1) is 13.9. The smallest absolute Gasteiger partial charge is 0.342 e. The molecule has 0 saturated heterocycles. The van der Waals surface area contributed by atoms with Crippen LogP contribution in [0.5, 0.6) is 0 Å². The minimum absolute atomic E-state index is 0.0663. The zero-order valence-electron chi connectivity index (χ0n) is 9.90. The lowest BCUT2D eigenvalue weighted by Crippen LogP contribution is -2.62. The van der Waals surface area contributed by atoms with Gasteiger partial charge in [0.2, 0.25) is 0 Å². The fourth-order valence-corrected chi connectivity index (χ4v) is 2.80. The van der Waals surface area contributed by atoms with Gasteiger partial charge in [0.15, 0.2) is 9.84 Å². The van der Waals surface area contributed by atoms with E-state index in [4.69, 9.17) is 0 Å². The molecule has 0 radical (unpaired) electrons. The van der Waals surface area contributed by atoms with Gasteiger partial charge in [-0.2, -0.15) is 13.2 Å². The molecule has 0 amide bonds. The summed E-state index contributed by atoms with van der Waals surface area (Å²) in [4.78, 5) is 0.662. The Kier molecular flexibility index (Phi) is 3.08. The molecule has 0 aliphatic carbocycles. The first-order valence-electron chi connectivity index (χ1n) is 5.32. The van der Waals surface area contributed by atoms with Crippen LogP contribution in [0, 0.1) is 0 Å². The number of nitrogens with zero attached hydrogens (tertiary/aromatic N) is 1. The van der Waals surface area contributed by atoms with E-state index < -0.39 is 27.4 Å². The minimum Gasteiger partial charge on any atom is -0.342 e. The van der Waals surface area contributed by atoms with Gasteiger partial charge in [0.25, 0.3) is 4.87 Å². The summed E-state index contributed by atoms with van der Waals surface area (Å²) in [5, 5.41) is 2.04. The van der Waals surface area contributed by atoms with Crippen molar-refractivity contribution < 1.29 is 21.6 Å². The maximum Gasteiger partial charge on any atom is 0.427 e. The zero-order valence-corrected chi connectivity index (χ0v) is 10.7. The molecule has 1 aromatic rings. The van der Waals surface area contributed by atoms with Crippen molar-refractivity contribution >= 4 is 15.7 Å². The molecular weight excluding hydrogens is 281 g/mol. The standard InChI is InChI=1S/C11H11F3N2O2S/c1-19(17,18)10(11(12,13)14)7-15-9(16-10)8-5-3-2-4-6-8/h2-6H,7H2,1H3,(H,15,16). The minimum atomic E-state index is -4.94. The molecule has 1 N–H and O–H groups in total. The Labute approximate surface area is 108 Å². The summed E-state index contributed by atoms with van der Waals surface area (Å²) in [7, 11) is -4.41. The van der Waals surface area contributed by atoms with Crippen molar-refractivity contribution in [1.29, 1.82) is 0 Å². The van der Waals surface area contributed by atoms with Crippen LogP contribution in [0.15, 0.2) is 35.3 Å². The van der Waals surface area contributed by atoms with Crippen molar-refractivity contribution in [3.05, 3.63) is 35.9 Å². The van der Waals surface area contributed by atoms with Crippen LogP contribution in [0.2, 0.25) is 0 Å². The lowest BCUT2D eigenvalue weighted by Gasteiger charge is -2.29.